The lowest BCUT2D eigenvalue weighted by Gasteiger charge is -2.13. The molecule has 8 heteroatoms. The molecule has 0 radical (unpaired) electrons. The molecule has 1 aromatic rings. The molecule has 0 aliphatic carbocycles. The van der Waals surface area contributed by atoms with E-state index in [0.717, 1.165) is 0 Å². The molecule has 20 heavy (non-hydrogen) atoms. The third kappa shape index (κ3) is 6.88. The molecule has 1 aromatic carbocycles. The van der Waals surface area contributed by atoms with Gasteiger partial charge in [-0.25, -0.2) is 13.1 Å². The van der Waals surface area contributed by atoms with Crippen LogP contribution >= 0.6 is 0 Å². The largest absolute Gasteiger partial charge is 0.389 e. The van der Waals surface area contributed by atoms with Gasteiger partial charge in [0, 0.05) is 13.0 Å². The average Bonchev–Trinajstić information content (AvgIpc) is 2.35. The van der Waals surface area contributed by atoms with Crippen molar-refractivity contribution in [3.63, 3.8) is 0 Å². The van der Waals surface area contributed by atoms with E-state index in [1.54, 1.807) is 30.3 Å². The minimum atomic E-state index is -4.36. The molecule has 1 rings (SSSR count). The van der Waals surface area contributed by atoms with E-state index in [9.17, 15) is 26.7 Å². The Bertz CT molecular complexity index is 502. The van der Waals surface area contributed by atoms with Crippen molar-refractivity contribution in [2.75, 3.05) is 12.3 Å². The van der Waals surface area contributed by atoms with Gasteiger partial charge in [0.15, 0.2) is 0 Å². The van der Waals surface area contributed by atoms with Crippen LogP contribution in [0.3, 0.4) is 0 Å². The number of sulfonamides is 1. The van der Waals surface area contributed by atoms with Gasteiger partial charge < -0.3 is 5.11 Å². The summed E-state index contributed by atoms with van der Waals surface area (Å²) >= 11 is 0. The highest BCUT2D eigenvalue weighted by molar-refractivity contribution is 7.89. The maximum Gasteiger partial charge on any atom is 0.389 e. The summed E-state index contributed by atoms with van der Waals surface area (Å²) in [5.41, 5.74) is 0.533. The zero-order valence-electron chi connectivity index (χ0n) is 10.6. The highest BCUT2D eigenvalue weighted by Crippen LogP contribution is 2.21. The van der Waals surface area contributed by atoms with Crippen molar-refractivity contribution in [1.29, 1.82) is 0 Å². The summed E-state index contributed by atoms with van der Waals surface area (Å²) in [5, 5.41) is 9.73. The highest BCUT2D eigenvalue weighted by atomic mass is 32.2. The van der Waals surface area contributed by atoms with Crippen LogP contribution in [0.2, 0.25) is 0 Å². The fourth-order valence-corrected chi connectivity index (χ4v) is 2.61. The van der Waals surface area contributed by atoms with Crippen LogP contribution in [0, 0.1) is 0 Å². The first-order valence-electron chi connectivity index (χ1n) is 5.97. The third-order valence-corrected chi connectivity index (χ3v) is 3.99. The summed E-state index contributed by atoms with van der Waals surface area (Å²) in [7, 11) is -3.82. The molecule has 1 atom stereocenters. The van der Waals surface area contributed by atoms with E-state index in [1.165, 1.54) is 0 Å². The van der Waals surface area contributed by atoms with Crippen LogP contribution in [0.25, 0.3) is 0 Å². The van der Waals surface area contributed by atoms with Crippen molar-refractivity contribution < 1.29 is 26.7 Å². The Morgan fingerprint density at radius 1 is 1.20 bits per heavy atom. The zero-order valence-corrected chi connectivity index (χ0v) is 11.4. The van der Waals surface area contributed by atoms with Crippen molar-refractivity contribution in [3.05, 3.63) is 35.9 Å². The Labute approximate surface area is 115 Å². The Balaban J connectivity index is 2.40. The minimum Gasteiger partial charge on any atom is -0.387 e. The third-order valence-electron chi connectivity index (χ3n) is 2.55. The van der Waals surface area contributed by atoms with Gasteiger partial charge in [0.05, 0.1) is 11.9 Å². The number of aliphatic hydroxyl groups excluding tert-OH is 1. The molecular formula is C12H16F3NO3S. The molecule has 4 nitrogen and oxygen atoms in total. The number of rotatable bonds is 7. The second kappa shape index (κ2) is 7.05. The van der Waals surface area contributed by atoms with Gasteiger partial charge in [-0.1, -0.05) is 30.3 Å². The van der Waals surface area contributed by atoms with Crippen molar-refractivity contribution in [1.82, 2.24) is 4.72 Å². The van der Waals surface area contributed by atoms with Crippen LogP contribution in [-0.2, 0) is 10.0 Å². The fraction of sp³-hybridized carbons (Fsp3) is 0.500. The number of nitrogens with one attached hydrogen (secondary N) is 1. The molecule has 0 heterocycles. The predicted octanol–water partition coefficient (Wildman–Crippen LogP) is 1.98. The van der Waals surface area contributed by atoms with E-state index in [0.29, 0.717) is 5.56 Å². The summed E-state index contributed by atoms with van der Waals surface area (Å²) in [4.78, 5) is 0. The Morgan fingerprint density at radius 3 is 2.35 bits per heavy atom. The molecule has 2 N–H and O–H groups in total. The number of hydrogen-bond donors (Lipinski definition) is 2. The van der Waals surface area contributed by atoms with E-state index in [2.05, 4.69) is 4.72 Å². The molecule has 0 bridgehead atoms. The van der Waals surface area contributed by atoms with Crippen LogP contribution in [0.1, 0.15) is 24.5 Å². The standard InChI is InChI=1S/C12H16F3NO3S/c13-12(14,15)7-4-8-20(18,19)16-9-11(17)10-5-2-1-3-6-10/h1-3,5-6,11,16-17H,4,7-9H2. The molecule has 0 saturated carbocycles. The highest BCUT2D eigenvalue weighted by Gasteiger charge is 2.27. The monoisotopic (exact) mass is 311 g/mol. The van der Waals surface area contributed by atoms with Gasteiger partial charge in [0.25, 0.3) is 0 Å². The van der Waals surface area contributed by atoms with Crippen molar-refractivity contribution in [2.24, 2.45) is 0 Å². The predicted molar refractivity (Wildman–Crippen MR) is 68.5 cm³/mol. The second-order valence-electron chi connectivity index (χ2n) is 4.31. The quantitative estimate of drug-likeness (QED) is 0.809. The van der Waals surface area contributed by atoms with Gasteiger partial charge in [-0.3, -0.25) is 0 Å². The lowest BCUT2D eigenvalue weighted by atomic mass is 10.1. The lowest BCUT2D eigenvalue weighted by Crippen LogP contribution is -2.31. The zero-order chi connectivity index (χ0) is 15.2. The summed E-state index contributed by atoms with van der Waals surface area (Å²) in [6.07, 6.45) is -7.04. The Kier molecular flexibility index (Phi) is 5.97. The first kappa shape index (κ1) is 16.9. The normalized spacial score (nSPS) is 14.2. The molecule has 114 valence electrons. The van der Waals surface area contributed by atoms with Gasteiger partial charge >= 0.3 is 6.18 Å². The average molecular weight is 311 g/mol. The van der Waals surface area contributed by atoms with Gasteiger partial charge in [-0.15, -0.1) is 0 Å². The van der Waals surface area contributed by atoms with Crippen LogP contribution in [0.15, 0.2) is 30.3 Å². The van der Waals surface area contributed by atoms with E-state index in [1.807, 2.05) is 0 Å². The molecule has 0 aliphatic rings. The van der Waals surface area contributed by atoms with Crippen LogP contribution < -0.4 is 4.72 Å². The molecule has 0 aromatic heterocycles. The van der Waals surface area contributed by atoms with Gasteiger partial charge in [-0.2, -0.15) is 13.2 Å². The number of aliphatic hydroxyl groups is 1. The Hall–Kier alpha value is -1.12. The maximum absolute atomic E-state index is 11.9. The number of benzene rings is 1. The van der Waals surface area contributed by atoms with E-state index < -0.39 is 40.9 Å². The van der Waals surface area contributed by atoms with Crippen molar-refractivity contribution in [2.45, 2.75) is 25.1 Å². The molecule has 0 fully saturated rings. The summed E-state index contributed by atoms with van der Waals surface area (Å²) in [6, 6.07) is 8.38. The van der Waals surface area contributed by atoms with Crippen LogP contribution in [0.5, 0.6) is 0 Å². The topological polar surface area (TPSA) is 66.4 Å². The molecule has 1 unspecified atom stereocenters. The molecule has 0 saturated heterocycles. The van der Waals surface area contributed by atoms with E-state index in [4.69, 9.17) is 0 Å². The van der Waals surface area contributed by atoms with Crippen LogP contribution in [-0.4, -0.2) is 32.0 Å². The van der Waals surface area contributed by atoms with Crippen molar-refractivity contribution >= 4 is 10.0 Å². The van der Waals surface area contributed by atoms with Crippen LogP contribution in [0.4, 0.5) is 13.2 Å². The second-order valence-corrected chi connectivity index (χ2v) is 6.24. The van der Waals surface area contributed by atoms with Gasteiger partial charge in [0.1, 0.15) is 0 Å². The molecule has 0 amide bonds. The summed E-state index contributed by atoms with van der Waals surface area (Å²) in [5.74, 6) is -0.617. The summed E-state index contributed by atoms with van der Waals surface area (Å²) in [6.45, 7) is -0.266. The summed E-state index contributed by atoms with van der Waals surface area (Å²) < 4.78 is 60.8. The Morgan fingerprint density at radius 2 is 1.80 bits per heavy atom. The molecular weight excluding hydrogens is 295 g/mol. The first-order valence-corrected chi connectivity index (χ1v) is 7.62. The minimum absolute atomic E-state index is 0.266. The van der Waals surface area contributed by atoms with Crippen molar-refractivity contribution in [3.8, 4) is 0 Å². The SMILES string of the molecule is O=S(=O)(CCCC(F)(F)F)NCC(O)c1ccccc1. The van der Waals surface area contributed by atoms with Gasteiger partial charge in [-0.05, 0) is 12.0 Å². The molecule has 0 spiro atoms. The van der Waals surface area contributed by atoms with E-state index >= 15 is 0 Å². The number of alkyl halides is 3. The number of halogens is 3. The number of hydrogen-bond acceptors (Lipinski definition) is 3. The first-order chi connectivity index (χ1) is 9.20. The van der Waals surface area contributed by atoms with Gasteiger partial charge in [0.2, 0.25) is 10.0 Å². The molecule has 0 aliphatic heterocycles. The smallest absolute Gasteiger partial charge is 0.387 e. The fourth-order valence-electron chi connectivity index (χ4n) is 1.53. The van der Waals surface area contributed by atoms with E-state index in [-0.39, 0.29) is 6.54 Å². The lowest BCUT2D eigenvalue weighted by molar-refractivity contribution is -0.134. The maximum atomic E-state index is 11.9.